The summed E-state index contributed by atoms with van der Waals surface area (Å²) >= 11 is 0. The number of rotatable bonds is 1. The number of benzene rings is 2. The van der Waals surface area contributed by atoms with E-state index in [0.29, 0.717) is 5.75 Å². The summed E-state index contributed by atoms with van der Waals surface area (Å²) in [6, 6.07) is 15.5. The van der Waals surface area contributed by atoms with Crippen LogP contribution in [0.1, 0.15) is 5.56 Å². The molecule has 2 aromatic rings. The Kier molecular flexibility index (Phi) is 2.23. The molecule has 70 valence electrons. The molecule has 1 nitrogen and oxygen atoms in total. The number of phenols is 1. The molecule has 0 amide bonds. The van der Waals surface area contributed by atoms with E-state index >= 15 is 0 Å². The van der Waals surface area contributed by atoms with Crippen molar-refractivity contribution in [2.24, 2.45) is 0 Å². The van der Waals surface area contributed by atoms with Crippen molar-refractivity contribution in [2.45, 2.75) is 6.92 Å². The Labute approximate surface area is 83.6 Å². The minimum absolute atomic E-state index is 0.308. The van der Waals surface area contributed by atoms with Crippen molar-refractivity contribution in [2.75, 3.05) is 0 Å². The average Bonchev–Trinajstić information content (AvgIpc) is 2.20. The number of aromatic hydroxyl groups is 1. The Bertz CT molecular complexity index is 429. The molecule has 1 N–H and O–H groups in total. The molecule has 2 rings (SSSR count). The molecular weight excluding hydrogens is 172 g/mol. The van der Waals surface area contributed by atoms with Crippen LogP contribution in [0, 0.1) is 6.92 Å². The van der Waals surface area contributed by atoms with Crippen molar-refractivity contribution in [3.63, 3.8) is 0 Å². The number of phenolic OH excluding ortho intramolecular Hbond substituents is 1. The highest BCUT2D eigenvalue weighted by molar-refractivity contribution is 5.67. The van der Waals surface area contributed by atoms with Gasteiger partial charge in [-0.25, -0.2) is 0 Å². The van der Waals surface area contributed by atoms with E-state index in [4.69, 9.17) is 0 Å². The lowest BCUT2D eigenvalue weighted by Gasteiger charge is -2.05. The summed E-state index contributed by atoms with van der Waals surface area (Å²) in [6.45, 7) is 2.09. The molecule has 0 aliphatic rings. The Morgan fingerprint density at radius 3 is 2.14 bits per heavy atom. The third-order valence-corrected chi connectivity index (χ3v) is 2.32. The van der Waals surface area contributed by atoms with Gasteiger partial charge in [-0.05, 0) is 35.7 Å². The number of aryl methyl sites for hydroxylation is 1. The molecule has 0 radical (unpaired) electrons. The van der Waals surface area contributed by atoms with E-state index < -0.39 is 0 Å². The molecule has 1 heteroatoms. The van der Waals surface area contributed by atoms with Crippen LogP contribution >= 0.6 is 0 Å². The van der Waals surface area contributed by atoms with E-state index in [9.17, 15) is 5.11 Å². The van der Waals surface area contributed by atoms with E-state index in [1.54, 1.807) is 12.1 Å². The molecule has 0 saturated carbocycles. The zero-order chi connectivity index (χ0) is 9.97. The standard InChI is InChI=1S/C13H12O/c1-10-4-2-3-5-13(10)11-6-8-12(14)9-7-11/h2-9,14H,1H3. The van der Waals surface area contributed by atoms with E-state index in [1.807, 2.05) is 24.3 Å². The van der Waals surface area contributed by atoms with Crippen LogP contribution in [0.2, 0.25) is 0 Å². The second-order valence-electron chi connectivity index (χ2n) is 3.36. The molecule has 0 spiro atoms. The van der Waals surface area contributed by atoms with Gasteiger partial charge in [0, 0.05) is 0 Å². The van der Waals surface area contributed by atoms with Crippen molar-refractivity contribution in [1.29, 1.82) is 0 Å². The molecule has 0 saturated heterocycles. The third kappa shape index (κ3) is 1.62. The van der Waals surface area contributed by atoms with E-state index in [0.717, 1.165) is 5.56 Å². The molecule has 0 bridgehead atoms. The van der Waals surface area contributed by atoms with Gasteiger partial charge in [-0.3, -0.25) is 0 Å². The van der Waals surface area contributed by atoms with Crippen LogP contribution in [0.4, 0.5) is 0 Å². The predicted molar refractivity (Wildman–Crippen MR) is 58.3 cm³/mol. The van der Waals surface area contributed by atoms with Gasteiger partial charge in [0.1, 0.15) is 5.75 Å². The normalized spacial score (nSPS) is 10.1. The fraction of sp³-hybridized carbons (Fsp3) is 0.0769. The number of hydrogen-bond acceptors (Lipinski definition) is 1. The summed E-state index contributed by atoms with van der Waals surface area (Å²) in [5.74, 6) is 0.308. The van der Waals surface area contributed by atoms with Crippen molar-refractivity contribution in [1.82, 2.24) is 0 Å². The number of hydrogen-bond donors (Lipinski definition) is 1. The molecule has 0 aliphatic heterocycles. The fourth-order valence-corrected chi connectivity index (χ4v) is 1.54. The molecule has 0 aliphatic carbocycles. The highest BCUT2D eigenvalue weighted by Crippen LogP contribution is 2.24. The highest BCUT2D eigenvalue weighted by Gasteiger charge is 1.99. The Balaban J connectivity index is 2.50. The van der Waals surface area contributed by atoms with Crippen molar-refractivity contribution < 1.29 is 5.11 Å². The Morgan fingerprint density at radius 1 is 0.857 bits per heavy atom. The van der Waals surface area contributed by atoms with Gasteiger partial charge in [-0.1, -0.05) is 36.4 Å². The first-order valence-corrected chi connectivity index (χ1v) is 4.62. The zero-order valence-electron chi connectivity index (χ0n) is 8.07. The molecule has 2 aromatic carbocycles. The quantitative estimate of drug-likeness (QED) is 0.720. The van der Waals surface area contributed by atoms with Crippen molar-refractivity contribution in [3.8, 4) is 16.9 Å². The first kappa shape index (κ1) is 8.82. The molecule has 0 aromatic heterocycles. The second kappa shape index (κ2) is 3.54. The van der Waals surface area contributed by atoms with Crippen LogP contribution in [0.3, 0.4) is 0 Å². The smallest absolute Gasteiger partial charge is 0.115 e. The Hall–Kier alpha value is -1.76. The summed E-state index contributed by atoms with van der Waals surface area (Å²) < 4.78 is 0. The molecule has 0 unspecified atom stereocenters. The van der Waals surface area contributed by atoms with Crippen LogP contribution in [0.5, 0.6) is 5.75 Å². The van der Waals surface area contributed by atoms with Gasteiger partial charge in [0.15, 0.2) is 0 Å². The molecule has 0 fully saturated rings. The molecule has 0 atom stereocenters. The van der Waals surface area contributed by atoms with Crippen molar-refractivity contribution >= 4 is 0 Å². The van der Waals surface area contributed by atoms with Gasteiger partial charge in [0.05, 0.1) is 0 Å². The highest BCUT2D eigenvalue weighted by atomic mass is 16.3. The van der Waals surface area contributed by atoms with E-state index in [1.165, 1.54) is 11.1 Å². The van der Waals surface area contributed by atoms with Crippen LogP contribution in [0.25, 0.3) is 11.1 Å². The van der Waals surface area contributed by atoms with E-state index in [-0.39, 0.29) is 0 Å². The topological polar surface area (TPSA) is 20.2 Å². The maximum Gasteiger partial charge on any atom is 0.115 e. The van der Waals surface area contributed by atoms with Gasteiger partial charge < -0.3 is 5.11 Å². The van der Waals surface area contributed by atoms with Crippen molar-refractivity contribution in [3.05, 3.63) is 54.1 Å². The fourth-order valence-electron chi connectivity index (χ4n) is 1.54. The maximum absolute atomic E-state index is 9.17. The zero-order valence-corrected chi connectivity index (χ0v) is 8.07. The van der Waals surface area contributed by atoms with Crippen LogP contribution in [0.15, 0.2) is 48.5 Å². The van der Waals surface area contributed by atoms with Gasteiger partial charge in [0.25, 0.3) is 0 Å². The summed E-state index contributed by atoms with van der Waals surface area (Å²) in [4.78, 5) is 0. The summed E-state index contributed by atoms with van der Waals surface area (Å²) in [7, 11) is 0. The lowest BCUT2D eigenvalue weighted by atomic mass is 10.0. The molecular formula is C13H12O. The average molecular weight is 184 g/mol. The van der Waals surface area contributed by atoms with Crippen LogP contribution in [-0.4, -0.2) is 5.11 Å². The van der Waals surface area contributed by atoms with E-state index in [2.05, 4.69) is 19.1 Å². The van der Waals surface area contributed by atoms with Gasteiger partial charge in [-0.2, -0.15) is 0 Å². The van der Waals surface area contributed by atoms with Crippen LogP contribution in [-0.2, 0) is 0 Å². The second-order valence-corrected chi connectivity index (χ2v) is 3.36. The minimum atomic E-state index is 0.308. The lowest BCUT2D eigenvalue weighted by Crippen LogP contribution is -1.81. The van der Waals surface area contributed by atoms with Gasteiger partial charge >= 0.3 is 0 Å². The largest absolute Gasteiger partial charge is 0.508 e. The molecule has 0 heterocycles. The third-order valence-electron chi connectivity index (χ3n) is 2.32. The van der Waals surface area contributed by atoms with Crippen LogP contribution < -0.4 is 0 Å². The Morgan fingerprint density at radius 2 is 1.50 bits per heavy atom. The molecule has 14 heavy (non-hydrogen) atoms. The summed E-state index contributed by atoms with van der Waals surface area (Å²) in [5.41, 5.74) is 3.60. The SMILES string of the molecule is Cc1ccccc1-c1ccc(O)cc1. The minimum Gasteiger partial charge on any atom is -0.508 e. The van der Waals surface area contributed by atoms with Gasteiger partial charge in [0.2, 0.25) is 0 Å². The predicted octanol–water partition coefficient (Wildman–Crippen LogP) is 3.37. The maximum atomic E-state index is 9.17. The lowest BCUT2D eigenvalue weighted by molar-refractivity contribution is 0.475. The summed E-state index contributed by atoms with van der Waals surface area (Å²) in [6.07, 6.45) is 0. The summed E-state index contributed by atoms with van der Waals surface area (Å²) in [5, 5.41) is 9.17. The first-order chi connectivity index (χ1) is 6.77. The monoisotopic (exact) mass is 184 g/mol. The van der Waals surface area contributed by atoms with Gasteiger partial charge in [-0.15, -0.1) is 0 Å². The first-order valence-electron chi connectivity index (χ1n) is 4.62.